The lowest BCUT2D eigenvalue weighted by molar-refractivity contribution is -0.124. The molecule has 2 aromatic rings. The van der Waals surface area contributed by atoms with Crippen LogP contribution in [0.5, 0.6) is 0 Å². The first kappa shape index (κ1) is 14.7. The molecular weight excluding hydrogens is 281 g/mol. The van der Waals surface area contributed by atoms with Gasteiger partial charge in [-0.15, -0.1) is 0 Å². The molecule has 2 N–H and O–H groups in total. The highest BCUT2D eigenvalue weighted by atomic mass is 19.1. The molecule has 0 radical (unpaired) electrons. The quantitative estimate of drug-likeness (QED) is 0.892. The van der Waals surface area contributed by atoms with Gasteiger partial charge in [0.05, 0.1) is 18.1 Å². The van der Waals surface area contributed by atoms with Gasteiger partial charge in [0.1, 0.15) is 5.82 Å². The van der Waals surface area contributed by atoms with Crippen molar-refractivity contribution in [3.8, 4) is 0 Å². The number of hydrogen-bond acceptors (Lipinski definition) is 2. The Morgan fingerprint density at radius 1 is 1.14 bits per heavy atom. The molecule has 1 amide bonds. The van der Waals surface area contributed by atoms with Crippen LogP contribution in [0, 0.1) is 5.82 Å². The summed E-state index contributed by atoms with van der Waals surface area (Å²) in [6.45, 7) is -0.191. The average Bonchev–Trinajstić information content (AvgIpc) is 3.35. The van der Waals surface area contributed by atoms with Gasteiger partial charge in [0.25, 0.3) is 0 Å². The van der Waals surface area contributed by atoms with Crippen LogP contribution in [0.15, 0.2) is 54.6 Å². The summed E-state index contributed by atoms with van der Waals surface area (Å²) < 4.78 is 14.0. The number of aliphatic hydroxyl groups excluding tert-OH is 1. The van der Waals surface area contributed by atoms with E-state index in [0.29, 0.717) is 18.4 Å². The van der Waals surface area contributed by atoms with Crippen molar-refractivity contribution in [1.82, 2.24) is 5.32 Å². The van der Waals surface area contributed by atoms with Gasteiger partial charge in [-0.25, -0.2) is 4.39 Å². The van der Waals surface area contributed by atoms with Crippen molar-refractivity contribution in [2.24, 2.45) is 0 Å². The molecule has 0 unspecified atom stereocenters. The largest absolute Gasteiger partial charge is 0.394 e. The van der Waals surface area contributed by atoms with Gasteiger partial charge in [-0.1, -0.05) is 48.5 Å². The number of rotatable bonds is 5. The van der Waals surface area contributed by atoms with Crippen molar-refractivity contribution in [2.75, 3.05) is 6.61 Å². The lowest BCUT2D eigenvalue weighted by atomic mass is 9.93. The lowest BCUT2D eigenvalue weighted by Gasteiger charge is -2.22. The van der Waals surface area contributed by atoms with E-state index in [2.05, 4.69) is 5.32 Å². The van der Waals surface area contributed by atoms with Crippen LogP contribution >= 0.6 is 0 Å². The van der Waals surface area contributed by atoms with Gasteiger partial charge in [-0.2, -0.15) is 0 Å². The molecule has 0 heterocycles. The van der Waals surface area contributed by atoms with Crippen LogP contribution in [0.4, 0.5) is 4.39 Å². The van der Waals surface area contributed by atoms with Crippen molar-refractivity contribution >= 4 is 5.91 Å². The zero-order chi connectivity index (χ0) is 15.6. The summed E-state index contributed by atoms with van der Waals surface area (Å²) in [6.07, 6.45) is 1.26. The molecule has 1 atom stereocenters. The molecule has 0 spiro atoms. The Labute approximate surface area is 128 Å². The molecule has 1 aliphatic carbocycles. The third kappa shape index (κ3) is 2.62. The zero-order valence-electron chi connectivity index (χ0n) is 12.1. The van der Waals surface area contributed by atoms with E-state index in [9.17, 15) is 14.3 Å². The van der Waals surface area contributed by atoms with Gasteiger partial charge in [0.15, 0.2) is 0 Å². The lowest BCUT2D eigenvalue weighted by Crippen LogP contribution is -2.39. The van der Waals surface area contributed by atoms with Crippen molar-refractivity contribution < 1.29 is 14.3 Å². The van der Waals surface area contributed by atoms with E-state index in [1.807, 2.05) is 30.3 Å². The van der Waals surface area contributed by atoms with Crippen molar-refractivity contribution in [2.45, 2.75) is 24.3 Å². The molecule has 1 fully saturated rings. The van der Waals surface area contributed by atoms with E-state index in [0.717, 1.165) is 5.56 Å². The van der Waals surface area contributed by atoms with Crippen LogP contribution < -0.4 is 5.32 Å². The third-order valence-corrected chi connectivity index (χ3v) is 4.26. The Hall–Kier alpha value is -2.20. The second-order valence-electron chi connectivity index (χ2n) is 5.68. The number of carbonyl (C=O) groups excluding carboxylic acids is 1. The van der Waals surface area contributed by atoms with E-state index in [1.165, 1.54) is 6.07 Å². The van der Waals surface area contributed by atoms with Crippen molar-refractivity contribution in [3.63, 3.8) is 0 Å². The van der Waals surface area contributed by atoms with E-state index >= 15 is 0 Å². The zero-order valence-corrected chi connectivity index (χ0v) is 12.1. The summed E-state index contributed by atoms with van der Waals surface area (Å²) in [5.41, 5.74) is 0.494. The first-order valence-corrected chi connectivity index (χ1v) is 7.39. The van der Waals surface area contributed by atoms with E-state index in [-0.39, 0.29) is 18.3 Å². The van der Waals surface area contributed by atoms with Crippen LogP contribution in [0.1, 0.15) is 30.0 Å². The molecule has 0 aromatic heterocycles. The minimum absolute atomic E-state index is 0.191. The Bertz CT molecular complexity index is 668. The fourth-order valence-corrected chi connectivity index (χ4v) is 2.81. The maximum Gasteiger partial charge on any atom is 0.231 e. The molecule has 4 heteroatoms. The molecule has 3 rings (SSSR count). The third-order valence-electron chi connectivity index (χ3n) is 4.26. The molecular formula is C18H18FNO2. The van der Waals surface area contributed by atoms with Gasteiger partial charge < -0.3 is 10.4 Å². The van der Waals surface area contributed by atoms with Gasteiger partial charge in [-0.05, 0) is 24.5 Å². The fraction of sp³-hybridized carbons (Fsp3) is 0.278. The molecule has 1 saturated carbocycles. The minimum atomic E-state index is -0.784. The van der Waals surface area contributed by atoms with Gasteiger partial charge in [0, 0.05) is 5.56 Å². The second kappa shape index (κ2) is 5.89. The number of aliphatic hydroxyl groups is 1. The van der Waals surface area contributed by atoms with Gasteiger partial charge >= 0.3 is 0 Å². The Morgan fingerprint density at radius 2 is 1.77 bits per heavy atom. The summed E-state index contributed by atoms with van der Waals surface area (Å²) in [4.78, 5) is 12.6. The van der Waals surface area contributed by atoms with E-state index < -0.39 is 11.5 Å². The normalized spacial score (nSPS) is 16.8. The predicted molar refractivity (Wildman–Crippen MR) is 81.7 cm³/mol. The fourth-order valence-electron chi connectivity index (χ4n) is 2.81. The van der Waals surface area contributed by atoms with Crippen LogP contribution in [-0.4, -0.2) is 17.6 Å². The number of hydrogen-bond donors (Lipinski definition) is 2. The molecule has 22 heavy (non-hydrogen) atoms. The van der Waals surface area contributed by atoms with Crippen molar-refractivity contribution in [3.05, 3.63) is 71.5 Å². The SMILES string of the molecule is O=C(N[C@H](CO)c1ccccc1)C1(c2ccccc2F)CC1. The van der Waals surface area contributed by atoms with Gasteiger partial charge in [0.2, 0.25) is 5.91 Å². The second-order valence-corrected chi connectivity index (χ2v) is 5.68. The number of amides is 1. The van der Waals surface area contributed by atoms with Crippen LogP contribution in [0.2, 0.25) is 0 Å². The average molecular weight is 299 g/mol. The molecule has 2 aromatic carbocycles. The van der Waals surface area contributed by atoms with E-state index in [1.54, 1.807) is 18.2 Å². The molecule has 1 aliphatic rings. The smallest absolute Gasteiger partial charge is 0.231 e. The first-order chi connectivity index (χ1) is 10.7. The monoisotopic (exact) mass is 299 g/mol. The topological polar surface area (TPSA) is 49.3 Å². The molecule has 0 saturated heterocycles. The maximum absolute atomic E-state index is 14.0. The summed E-state index contributed by atoms with van der Waals surface area (Å²) in [5.74, 6) is -0.573. The summed E-state index contributed by atoms with van der Waals surface area (Å²) in [7, 11) is 0. The van der Waals surface area contributed by atoms with Crippen LogP contribution in [0.25, 0.3) is 0 Å². The van der Waals surface area contributed by atoms with Crippen molar-refractivity contribution in [1.29, 1.82) is 0 Å². The highest BCUT2D eigenvalue weighted by Gasteiger charge is 2.53. The first-order valence-electron chi connectivity index (χ1n) is 7.39. The molecule has 3 nitrogen and oxygen atoms in total. The number of nitrogens with one attached hydrogen (secondary N) is 1. The summed E-state index contributed by atoms with van der Waals surface area (Å²) >= 11 is 0. The standard InChI is InChI=1S/C18H18FNO2/c19-15-9-5-4-8-14(15)18(10-11-18)17(22)20-16(12-21)13-6-2-1-3-7-13/h1-9,16,21H,10-12H2,(H,20,22)/t16-/m1/s1. The Kier molecular flexibility index (Phi) is 3.94. The Balaban J connectivity index is 1.81. The van der Waals surface area contributed by atoms with E-state index in [4.69, 9.17) is 0 Å². The van der Waals surface area contributed by atoms with Gasteiger partial charge in [-0.3, -0.25) is 4.79 Å². The molecule has 0 bridgehead atoms. The number of benzene rings is 2. The molecule has 114 valence electrons. The highest BCUT2D eigenvalue weighted by molar-refractivity contribution is 5.91. The number of halogens is 1. The molecule has 0 aliphatic heterocycles. The highest BCUT2D eigenvalue weighted by Crippen LogP contribution is 2.49. The summed E-state index contributed by atoms with van der Waals surface area (Å²) in [6, 6.07) is 15.2. The van der Waals surface area contributed by atoms with Crippen LogP contribution in [-0.2, 0) is 10.2 Å². The Morgan fingerprint density at radius 3 is 2.36 bits per heavy atom. The predicted octanol–water partition coefficient (Wildman–Crippen LogP) is 2.71. The summed E-state index contributed by atoms with van der Waals surface area (Å²) in [5, 5.41) is 12.4. The minimum Gasteiger partial charge on any atom is -0.394 e. The number of carbonyl (C=O) groups is 1. The maximum atomic E-state index is 14.0. The van der Waals surface area contributed by atoms with Crippen LogP contribution in [0.3, 0.4) is 0 Å².